The van der Waals surface area contributed by atoms with Gasteiger partial charge in [0.25, 0.3) is 0 Å². The summed E-state index contributed by atoms with van der Waals surface area (Å²) in [5.41, 5.74) is 2.72. The van der Waals surface area contributed by atoms with Gasteiger partial charge in [-0.15, -0.1) is 0 Å². The summed E-state index contributed by atoms with van der Waals surface area (Å²) < 4.78 is 13.8. The topological polar surface area (TPSA) is 46.2 Å². The summed E-state index contributed by atoms with van der Waals surface area (Å²) in [7, 11) is 2.21. The maximum Gasteiger partial charge on any atom is 0.183 e. The average Bonchev–Trinajstić information content (AvgIpc) is 3.24. The first kappa shape index (κ1) is 22.1. The molecule has 0 fully saturated rings. The number of ether oxygens (including phenoxy) is 2. The molecule has 4 unspecified atom stereocenters. The highest BCUT2D eigenvalue weighted by atomic mass is 16.5. The van der Waals surface area contributed by atoms with Gasteiger partial charge in [-0.3, -0.25) is 4.99 Å². The zero-order chi connectivity index (χ0) is 19.8. The minimum atomic E-state index is 0.0256. The zero-order valence-corrected chi connectivity index (χ0v) is 18.3. The fourth-order valence-electron chi connectivity index (χ4n) is 3.92. The third-order valence-corrected chi connectivity index (χ3v) is 5.91. The van der Waals surface area contributed by atoms with Gasteiger partial charge >= 0.3 is 0 Å². The molecule has 4 atom stereocenters. The van der Waals surface area contributed by atoms with Crippen LogP contribution in [0.4, 0.5) is 0 Å². The quantitative estimate of drug-likeness (QED) is 0.397. The van der Waals surface area contributed by atoms with Gasteiger partial charge in [0, 0.05) is 31.9 Å². The average molecular weight is 379 g/mol. The van der Waals surface area contributed by atoms with Crippen molar-refractivity contribution >= 4 is 17.3 Å². The maximum absolute atomic E-state index is 5.72. The maximum atomic E-state index is 5.72. The van der Waals surface area contributed by atoms with E-state index in [1.54, 1.807) is 0 Å². The van der Waals surface area contributed by atoms with E-state index >= 15 is 0 Å². The second-order valence-electron chi connectivity index (χ2n) is 8.46. The Morgan fingerprint density at radius 3 is 2.63 bits per heavy atom. The number of aliphatic imine (C=N–C) groups is 2. The van der Waals surface area contributed by atoms with Crippen LogP contribution in [0.25, 0.3) is 0 Å². The first-order valence-corrected chi connectivity index (χ1v) is 10.8. The van der Waals surface area contributed by atoms with Gasteiger partial charge in [0.15, 0.2) is 5.90 Å². The van der Waals surface area contributed by atoms with E-state index in [4.69, 9.17) is 9.47 Å². The van der Waals surface area contributed by atoms with Crippen molar-refractivity contribution in [2.45, 2.75) is 85.4 Å². The minimum Gasteiger partial charge on any atom is -0.479 e. The highest BCUT2D eigenvalue weighted by Crippen LogP contribution is 2.28. The fourth-order valence-corrected chi connectivity index (χ4v) is 3.92. The van der Waals surface area contributed by atoms with Crippen LogP contribution in [-0.4, -0.2) is 61.0 Å². The summed E-state index contributed by atoms with van der Waals surface area (Å²) in [5, 5.41) is 0. The van der Waals surface area contributed by atoms with E-state index in [2.05, 4.69) is 49.3 Å². The summed E-state index contributed by atoms with van der Waals surface area (Å²) in [6, 6.07) is 0.315. The summed E-state index contributed by atoms with van der Waals surface area (Å²) in [6.07, 6.45) is 6.71. The summed E-state index contributed by atoms with van der Waals surface area (Å²) in [4.78, 5) is 9.28. The third kappa shape index (κ3) is 7.36. The van der Waals surface area contributed by atoms with Crippen LogP contribution >= 0.6 is 0 Å². The zero-order valence-electron chi connectivity index (χ0n) is 18.3. The van der Waals surface area contributed by atoms with Crippen LogP contribution in [0.3, 0.4) is 0 Å². The summed E-state index contributed by atoms with van der Waals surface area (Å²) in [6.45, 7) is 13.6. The van der Waals surface area contributed by atoms with Crippen molar-refractivity contribution < 1.29 is 14.0 Å². The third-order valence-electron chi connectivity index (χ3n) is 5.91. The van der Waals surface area contributed by atoms with Gasteiger partial charge in [0.1, 0.15) is 32.1 Å². The second kappa shape index (κ2) is 10.9. The fraction of sp³-hybridized carbons (Fsp3) is 0.864. The van der Waals surface area contributed by atoms with Gasteiger partial charge in [-0.25, -0.2) is 9.57 Å². The Kier molecular flexibility index (Phi) is 8.94. The number of nitrogens with zero attached hydrogens (tertiary/aromatic N) is 3. The lowest BCUT2D eigenvalue weighted by atomic mass is 9.82. The van der Waals surface area contributed by atoms with Crippen molar-refractivity contribution in [2.24, 2.45) is 21.8 Å². The first-order chi connectivity index (χ1) is 12.9. The van der Waals surface area contributed by atoms with E-state index in [1.807, 2.05) is 6.92 Å². The van der Waals surface area contributed by atoms with Gasteiger partial charge in [0.2, 0.25) is 0 Å². The molecule has 2 aliphatic rings. The van der Waals surface area contributed by atoms with Crippen LogP contribution in [0.1, 0.15) is 73.1 Å². The van der Waals surface area contributed by atoms with Crippen LogP contribution < -0.4 is 0 Å². The highest BCUT2D eigenvalue weighted by molar-refractivity contribution is 5.87. The molecule has 2 aliphatic heterocycles. The molecular weight excluding hydrogens is 338 g/mol. The van der Waals surface area contributed by atoms with Crippen LogP contribution in [0, 0.1) is 11.8 Å². The largest absolute Gasteiger partial charge is 0.479 e. The van der Waals surface area contributed by atoms with Crippen molar-refractivity contribution in [3.8, 4) is 0 Å². The van der Waals surface area contributed by atoms with E-state index in [-0.39, 0.29) is 6.23 Å². The Labute approximate surface area is 166 Å². The Morgan fingerprint density at radius 1 is 1.26 bits per heavy atom. The molecule has 0 aromatic carbocycles. The summed E-state index contributed by atoms with van der Waals surface area (Å²) in [5.74, 6) is 2.19. The number of hydrogen-bond donors (Lipinski definition) is 0. The van der Waals surface area contributed by atoms with Crippen molar-refractivity contribution in [1.29, 1.82) is 0 Å². The van der Waals surface area contributed by atoms with E-state index in [0.29, 0.717) is 24.5 Å². The standard InChI is InChI=1S/C22H40N3O2/c1-7-12-25(6)18(4)9-8-16(2)20(13-21-15-26-19(5)24-21)10-11-22-23-17(3)14-27-22/h16-17,19-20H,7-15H2,1-6H3/q+1. The van der Waals surface area contributed by atoms with Gasteiger partial charge in [-0.2, -0.15) is 0 Å². The molecule has 2 heterocycles. The molecule has 0 aromatic rings. The van der Waals surface area contributed by atoms with E-state index in [1.165, 1.54) is 30.7 Å². The van der Waals surface area contributed by atoms with Gasteiger partial charge in [-0.1, -0.05) is 13.8 Å². The van der Waals surface area contributed by atoms with E-state index < -0.39 is 0 Å². The van der Waals surface area contributed by atoms with Gasteiger partial charge < -0.3 is 9.47 Å². The molecule has 0 N–H and O–H groups in total. The van der Waals surface area contributed by atoms with Crippen LogP contribution in [0.15, 0.2) is 9.98 Å². The Morgan fingerprint density at radius 2 is 2.04 bits per heavy atom. The van der Waals surface area contributed by atoms with Gasteiger partial charge in [0.05, 0.1) is 12.6 Å². The lowest BCUT2D eigenvalue weighted by Gasteiger charge is -2.24. The first-order valence-electron chi connectivity index (χ1n) is 10.8. The predicted molar refractivity (Wildman–Crippen MR) is 113 cm³/mol. The normalized spacial score (nSPS) is 25.6. The molecular formula is C22H40N3O2+. The number of hydrogen-bond acceptors (Lipinski definition) is 4. The molecule has 0 aromatic heterocycles. The molecule has 0 saturated heterocycles. The summed E-state index contributed by atoms with van der Waals surface area (Å²) >= 11 is 0. The predicted octanol–water partition coefficient (Wildman–Crippen LogP) is 4.34. The molecule has 2 rings (SSSR count). The van der Waals surface area contributed by atoms with Crippen molar-refractivity contribution in [1.82, 2.24) is 0 Å². The van der Waals surface area contributed by atoms with Crippen LogP contribution in [0.2, 0.25) is 0 Å². The van der Waals surface area contributed by atoms with Crippen LogP contribution in [0.5, 0.6) is 0 Å². The smallest absolute Gasteiger partial charge is 0.183 e. The lowest BCUT2D eigenvalue weighted by molar-refractivity contribution is -0.499. The lowest BCUT2D eigenvalue weighted by Crippen LogP contribution is -2.21. The van der Waals surface area contributed by atoms with Crippen molar-refractivity contribution in [2.75, 3.05) is 26.8 Å². The van der Waals surface area contributed by atoms with Gasteiger partial charge in [-0.05, 0) is 44.9 Å². The molecule has 0 aliphatic carbocycles. The molecule has 0 saturated carbocycles. The highest BCUT2D eigenvalue weighted by Gasteiger charge is 2.25. The Hall–Kier alpha value is -1.23. The Bertz CT molecular complexity index is 568. The SMILES string of the molecule is CCC[N+](C)=C(C)CCC(C)C(CCC1=NC(C)CO1)CC1=NC(C)OC1. The molecule has 0 spiro atoms. The monoisotopic (exact) mass is 378 g/mol. The Balaban J connectivity index is 1.94. The van der Waals surface area contributed by atoms with E-state index in [0.717, 1.165) is 38.3 Å². The second-order valence-corrected chi connectivity index (χ2v) is 8.46. The van der Waals surface area contributed by atoms with Crippen molar-refractivity contribution in [3.63, 3.8) is 0 Å². The molecule has 0 bridgehead atoms. The molecule has 5 heteroatoms. The van der Waals surface area contributed by atoms with Crippen molar-refractivity contribution in [3.05, 3.63) is 0 Å². The van der Waals surface area contributed by atoms with Crippen LogP contribution in [-0.2, 0) is 9.47 Å². The molecule has 154 valence electrons. The molecule has 0 amide bonds. The minimum absolute atomic E-state index is 0.0256. The number of rotatable bonds is 11. The molecule has 0 radical (unpaired) electrons. The molecule has 27 heavy (non-hydrogen) atoms. The van der Waals surface area contributed by atoms with E-state index in [9.17, 15) is 0 Å². The molecule has 5 nitrogen and oxygen atoms in total.